The van der Waals surface area contributed by atoms with Crippen LogP contribution in [0.5, 0.6) is 0 Å². The molecule has 2 heterocycles. The minimum absolute atomic E-state index is 0.00370. The summed E-state index contributed by atoms with van der Waals surface area (Å²) in [7, 11) is 0. The topological polar surface area (TPSA) is 33.6 Å². The maximum Gasteiger partial charge on any atom is 0.418 e. The van der Waals surface area contributed by atoms with Gasteiger partial charge in [0.05, 0.1) is 72.9 Å². The average Bonchev–Trinajstić information content (AvgIpc) is 3.84. The van der Waals surface area contributed by atoms with Gasteiger partial charge in [0.15, 0.2) is 0 Å². The molecule has 3 nitrogen and oxygen atoms in total. The molecule has 10 rings (SSSR count). The molecule has 0 atom stereocenters. The van der Waals surface area contributed by atoms with Crippen LogP contribution in [0.2, 0.25) is 0 Å². The molecule has 0 spiro atoms. The number of hydrogen-bond acceptors (Lipinski definition) is 1. The van der Waals surface area contributed by atoms with Gasteiger partial charge in [-0.05, 0) is 113 Å². The Morgan fingerprint density at radius 2 is 0.750 bits per heavy atom. The molecule has 0 aliphatic heterocycles. The van der Waals surface area contributed by atoms with E-state index < -0.39 is 75.5 Å². The third-order valence-electron chi connectivity index (χ3n) is 12.5. The van der Waals surface area contributed by atoms with E-state index in [2.05, 4.69) is 0 Å². The van der Waals surface area contributed by atoms with Gasteiger partial charge in [-0.2, -0.15) is 71.1 Å². The zero-order valence-electron chi connectivity index (χ0n) is 36.0. The Morgan fingerprint density at radius 1 is 0.319 bits per heavy atom. The van der Waals surface area contributed by atoms with E-state index in [4.69, 9.17) is 0 Å². The Labute approximate surface area is 395 Å². The lowest BCUT2D eigenvalue weighted by Gasteiger charge is -2.22. The molecule has 0 fully saturated rings. The van der Waals surface area contributed by atoms with E-state index in [9.17, 15) is 57.9 Å². The van der Waals surface area contributed by atoms with Crippen molar-refractivity contribution in [2.75, 3.05) is 0 Å². The van der Waals surface area contributed by atoms with Crippen LogP contribution >= 0.6 is 0 Å². The highest BCUT2D eigenvalue weighted by Gasteiger charge is 2.41. The highest BCUT2D eigenvalue weighted by Crippen LogP contribution is 2.48. The minimum Gasteiger partial charge on any atom is -0.309 e. The van der Waals surface area contributed by atoms with Gasteiger partial charge in [-0.1, -0.05) is 72.8 Å². The smallest absolute Gasteiger partial charge is 0.309 e. The molecule has 0 radical (unpaired) electrons. The van der Waals surface area contributed by atoms with Gasteiger partial charge in [0, 0.05) is 27.1 Å². The van der Waals surface area contributed by atoms with E-state index >= 15 is 13.2 Å². The van der Waals surface area contributed by atoms with E-state index in [-0.39, 0.29) is 83.9 Å². The fourth-order valence-corrected chi connectivity index (χ4v) is 9.38. The van der Waals surface area contributed by atoms with Crippen LogP contribution in [0.4, 0.5) is 65.9 Å². The molecule has 0 aliphatic carbocycles. The maximum atomic E-state index is 16.0. The summed E-state index contributed by atoms with van der Waals surface area (Å²) in [6, 6.07) is 32.2. The van der Waals surface area contributed by atoms with Crippen LogP contribution in [0.3, 0.4) is 0 Å². The number of hydrogen-bond donors (Lipinski definition) is 0. The summed E-state index contributed by atoms with van der Waals surface area (Å²) in [6.45, 7) is 0. The molecule has 0 N–H and O–H groups in total. The monoisotopic (exact) mass is 1000 g/mol. The third kappa shape index (κ3) is 8.11. The number of rotatable bonds is 5. The Balaban J connectivity index is 1.25. The molecular formula is C54H26F15N3. The van der Waals surface area contributed by atoms with Gasteiger partial charge < -0.3 is 9.13 Å². The van der Waals surface area contributed by atoms with Crippen molar-refractivity contribution in [3.8, 4) is 50.8 Å². The molecule has 0 saturated heterocycles. The molecule has 10 aromatic rings. The first-order valence-corrected chi connectivity index (χ1v) is 21.2. The molecule has 362 valence electrons. The number of nitrogens with zero attached hydrogens (tertiary/aromatic N) is 3. The molecule has 8 aromatic carbocycles. The number of para-hydroxylation sites is 2. The van der Waals surface area contributed by atoms with Gasteiger partial charge in [0.1, 0.15) is 0 Å². The van der Waals surface area contributed by atoms with Gasteiger partial charge in [0.2, 0.25) is 0 Å². The summed E-state index contributed by atoms with van der Waals surface area (Å²) in [6.07, 6.45) is -25.9. The lowest BCUT2D eigenvalue weighted by atomic mass is 9.95. The second-order valence-corrected chi connectivity index (χ2v) is 16.8. The first kappa shape index (κ1) is 47.5. The van der Waals surface area contributed by atoms with E-state index in [0.717, 1.165) is 12.1 Å². The van der Waals surface area contributed by atoms with Crippen molar-refractivity contribution in [2.45, 2.75) is 30.9 Å². The number of nitriles is 1. The molecule has 0 bridgehead atoms. The standard InChI is InChI=1S/C54H26F15N3/c55-50(56,57)32-14-16-34(41(23-32)52(61,62)63)30-12-18-46-39(21-30)36-8-1-3-10-44(36)71(46)48-26-43(54(67,68)69)49(25-38(48)29-7-5-6-28(20-29)27-70)72-45-11-4-2-9-37(45)40-22-31(13-19-47(40)72)35-17-15-33(51(58,59)60)24-42(35)53(64,65)66/h1-26H. The quantitative estimate of drug-likeness (QED) is 0.158. The predicted molar refractivity (Wildman–Crippen MR) is 241 cm³/mol. The molecular weight excluding hydrogens is 976 g/mol. The fourth-order valence-electron chi connectivity index (χ4n) is 9.38. The van der Waals surface area contributed by atoms with Gasteiger partial charge in [-0.25, -0.2) is 0 Å². The van der Waals surface area contributed by atoms with Crippen LogP contribution in [-0.2, 0) is 30.9 Å². The number of fused-ring (bicyclic) bond motifs is 6. The van der Waals surface area contributed by atoms with Crippen LogP contribution < -0.4 is 0 Å². The van der Waals surface area contributed by atoms with E-state index in [0.29, 0.717) is 29.7 Å². The van der Waals surface area contributed by atoms with Crippen molar-refractivity contribution < 1.29 is 65.9 Å². The van der Waals surface area contributed by atoms with Gasteiger partial charge in [-0.3, -0.25) is 0 Å². The molecule has 0 aliphatic rings. The van der Waals surface area contributed by atoms with Crippen molar-refractivity contribution in [3.05, 3.63) is 191 Å². The summed E-state index contributed by atoms with van der Waals surface area (Å²) in [5, 5.41) is 10.9. The molecule has 0 unspecified atom stereocenters. The number of alkyl halides is 15. The van der Waals surface area contributed by atoms with E-state index in [1.807, 2.05) is 6.07 Å². The summed E-state index contributed by atoms with van der Waals surface area (Å²) >= 11 is 0. The summed E-state index contributed by atoms with van der Waals surface area (Å²) in [4.78, 5) is 0. The number of halogens is 15. The van der Waals surface area contributed by atoms with Crippen molar-refractivity contribution in [2.24, 2.45) is 0 Å². The first-order valence-electron chi connectivity index (χ1n) is 21.2. The van der Waals surface area contributed by atoms with Crippen molar-refractivity contribution in [3.63, 3.8) is 0 Å². The van der Waals surface area contributed by atoms with Crippen LogP contribution in [0, 0.1) is 11.3 Å². The lowest BCUT2D eigenvalue weighted by Crippen LogP contribution is -2.13. The Hall–Kier alpha value is -8.20. The SMILES string of the molecule is N#Cc1cccc(-c2cc(-n3c4ccccc4c4cc(-c5ccc(C(F)(F)F)cc5C(F)(F)F)ccc43)c(C(F)(F)F)cc2-n2c3ccccc3c3cc(-c4ccc(C(F)(F)F)cc4C(F)(F)F)ccc32)c1. The Bertz CT molecular complexity index is 3870. The highest BCUT2D eigenvalue weighted by atomic mass is 19.4. The Kier molecular flexibility index (Phi) is 10.8. The number of benzene rings is 8. The van der Waals surface area contributed by atoms with Crippen molar-refractivity contribution in [1.82, 2.24) is 9.13 Å². The van der Waals surface area contributed by atoms with Crippen molar-refractivity contribution in [1.29, 1.82) is 5.26 Å². The lowest BCUT2D eigenvalue weighted by molar-refractivity contribution is -0.144. The van der Waals surface area contributed by atoms with Gasteiger partial charge in [-0.15, -0.1) is 0 Å². The summed E-state index contributed by atoms with van der Waals surface area (Å²) in [5.41, 5.74) is -8.58. The minimum atomic E-state index is -5.25. The summed E-state index contributed by atoms with van der Waals surface area (Å²) < 4.78 is 219. The maximum absolute atomic E-state index is 16.0. The fraction of sp³-hybridized carbons (Fsp3) is 0.0926. The van der Waals surface area contributed by atoms with Crippen LogP contribution in [0.25, 0.3) is 88.4 Å². The molecule has 2 aromatic heterocycles. The van der Waals surface area contributed by atoms with E-state index in [1.165, 1.54) is 88.0 Å². The normalized spacial score (nSPS) is 12.9. The average molecular weight is 1000 g/mol. The van der Waals surface area contributed by atoms with Gasteiger partial charge in [0.25, 0.3) is 0 Å². The van der Waals surface area contributed by atoms with Crippen molar-refractivity contribution >= 4 is 43.6 Å². The van der Waals surface area contributed by atoms with Crippen LogP contribution in [0.15, 0.2) is 158 Å². The zero-order chi connectivity index (χ0) is 51.4. The van der Waals surface area contributed by atoms with Crippen LogP contribution in [0.1, 0.15) is 33.4 Å². The Morgan fingerprint density at radius 3 is 1.19 bits per heavy atom. The summed E-state index contributed by atoms with van der Waals surface area (Å²) in [5.74, 6) is 0. The molecule has 0 amide bonds. The third-order valence-corrected chi connectivity index (χ3v) is 12.5. The predicted octanol–water partition coefficient (Wildman–Crippen LogP) is 17.8. The molecule has 0 saturated carbocycles. The molecule has 18 heteroatoms. The van der Waals surface area contributed by atoms with E-state index in [1.54, 1.807) is 30.3 Å². The number of aromatic nitrogens is 2. The second-order valence-electron chi connectivity index (χ2n) is 16.8. The zero-order valence-corrected chi connectivity index (χ0v) is 36.0. The largest absolute Gasteiger partial charge is 0.418 e. The first-order chi connectivity index (χ1) is 33.8. The molecule has 72 heavy (non-hydrogen) atoms. The van der Waals surface area contributed by atoms with Crippen LogP contribution in [-0.4, -0.2) is 9.13 Å². The van der Waals surface area contributed by atoms with Gasteiger partial charge >= 0.3 is 30.9 Å². The second kappa shape index (κ2) is 16.4. The highest BCUT2D eigenvalue weighted by molar-refractivity contribution is 6.12.